The molecule has 0 aliphatic heterocycles. The Hall–Kier alpha value is -2.20. The molecule has 0 aliphatic carbocycles. The molecule has 7 heteroatoms. The molecule has 0 saturated carbocycles. The van der Waals surface area contributed by atoms with Crippen LogP contribution in [0.3, 0.4) is 0 Å². The molecule has 18 heavy (non-hydrogen) atoms. The first-order chi connectivity index (χ1) is 8.62. The number of amidine groups is 1. The molecule has 6 nitrogen and oxygen atoms in total. The first-order valence-corrected chi connectivity index (χ1v) is 6.04. The van der Waals surface area contributed by atoms with E-state index in [1.54, 1.807) is 18.5 Å². The normalized spacial score (nSPS) is 10.6. The standard InChI is InChI=1S/C11H11N3O3S/c1-17-7-3-4-9(8(5-7)10(15)16)14-11(18-2)13-6-12/h3-5H,1-2H3,(H,13,14)(H,15,16). The minimum Gasteiger partial charge on any atom is -0.497 e. The van der Waals surface area contributed by atoms with E-state index in [0.29, 0.717) is 10.9 Å². The van der Waals surface area contributed by atoms with Gasteiger partial charge in [0.05, 0.1) is 18.4 Å². The molecular formula is C11H11N3O3S. The topological polar surface area (TPSA) is 94.7 Å². The summed E-state index contributed by atoms with van der Waals surface area (Å²) in [6, 6.07) is 4.51. The highest BCUT2D eigenvalue weighted by atomic mass is 32.2. The van der Waals surface area contributed by atoms with Gasteiger partial charge in [-0.05, 0) is 24.5 Å². The second-order valence-corrected chi connectivity index (χ2v) is 3.84. The van der Waals surface area contributed by atoms with E-state index in [0.717, 1.165) is 0 Å². The Labute approximate surface area is 108 Å². The van der Waals surface area contributed by atoms with Crippen molar-refractivity contribution in [3.05, 3.63) is 23.8 Å². The Morgan fingerprint density at radius 2 is 2.33 bits per heavy atom. The van der Waals surface area contributed by atoms with Crippen LogP contribution in [0.25, 0.3) is 0 Å². The fourth-order valence-electron chi connectivity index (χ4n) is 1.19. The molecule has 0 fully saturated rings. The lowest BCUT2D eigenvalue weighted by Gasteiger charge is -2.06. The molecule has 1 rings (SSSR count). The zero-order valence-electron chi connectivity index (χ0n) is 9.80. The van der Waals surface area contributed by atoms with Crippen LogP contribution in [0.1, 0.15) is 10.4 Å². The average molecular weight is 265 g/mol. The van der Waals surface area contributed by atoms with Crippen molar-refractivity contribution in [2.75, 3.05) is 13.4 Å². The molecule has 0 spiro atoms. The van der Waals surface area contributed by atoms with Crippen molar-refractivity contribution >= 4 is 28.6 Å². The maximum Gasteiger partial charge on any atom is 0.338 e. The Balaban J connectivity index is 3.23. The van der Waals surface area contributed by atoms with Crippen LogP contribution in [0.15, 0.2) is 23.2 Å². The molecule has 0 saturated heterocycles. The van der Waals surface area contributed by atoms with Crippen LogP contribution in [0.2, 0.25) is 0 Å². The number of carboxylic acid groups (broad SMARTS) is 1. The third kappa shape index (κ3) is 3.40. The average Bonchev–Trinajstić information content (AvgIpc) is 2.38. The van der Waals surface area contributed by atoms with Crippen molar-refractivity contribution in [1.29, 1.82) is 5.26 Å². The van der Waals surface area contributed by atoms with Gasteiger partial charge in [0.15, 0.2) is 11.4 Å². The number of aliphatic imine (C=N–C) groups is 1. The summed E-state index contributed by atoms with van der Waals surface area (Å²) in [5.74, 6) is -0.671. The molecule has 0 heterocycles. The maximum atomic E-state index is 11.1. The number of methoxy groups -OCH3 is 1. The Morgan fingerprint density at radius 3 is 2.83 bits per heavy atom. The molecule has 94 valence electrons. The molecule has 0 amide bonds. The molecule has 0 radical (unpaired) electrons. The van der Waals surface area contributed by atoms with Crippen LogP contribution < -0.4 is 10.1 Å². The van der Waals surface area contributed by atoms with Crippen molar-refractivity contribution in [2.45, 2.75) is 0 Å². The number of hydrogen-bond acceptors (Lipinski definition) is 5. The van der Waals surface area contributed by atoms with Crippen LogP contribution in [0.4, 0.5) is 5.69 Å². The predicted octanol–water partition coefficient (Wildman–Crippen LogP) is 1.81. The van der Waals surface area contributed by atoms with E-state index in [-0.39, 0.29) is 11.3 Å². The molecule has 0 atom stereocenters. The van der Waals surface area contributed by atoms with Crippen molar-refractivity contribution in [3.63, 3.8) is 0 Å². The molecule has 0 aliphatic rings. The predicted molar refractivity (Wildman–Crippen MR) is 69.3 cm³/mol. The smallest absolute Gasteiger partial charge is 0.338 e. The highest BCUT2D eigenvalue weighted by molar-refractivity contribution is 8.13. The van der Waals surface area contributed by atoms with Gasteiger partial charge >= 0.3 is 5.97 Å². The summed E-state index contributed by atoms with van der Waals surface area (Å²) >= 11 is 1.21. The molecule has 0 aromatic heterocycles. The summed E-state index contributed by atoms with van der Waals surface area (Å²) in [6.07, 6.45) is 3.47. The molecule has 1 aromatic rings. The van der Waals surface area contributed by atoms with Gasteiger partial charge in [-0.25, -0.2) is 9.79 Å². The van der Waals surface area contributed by atoms with Crippen molar-refractivity contribution in [2.24, 2.45) is 4.99 Å². The lowest BCUT2D eigenvalue weighted by molar-refractivity contribution is 0.0697. The monoisotopic (exact) mass is 265 g/mol. The summed E-state index contributed by atoms with van der Waals surface area (Å²) in [6.45, 7) is 0. The van der Waals surface area contributed by atoms with Crippen LogP contribution in [0.5, 0.6) is 5.75 Å². The van der Waals surface area contributed by atoms with Gasteiger partial charge in [-0.15, -0.1) is 0 Å². The fourth-order valence-corrected chi connectivity index (χ4v) is 1.53. The third-order valence-electron chi connectivity index (χ3n) is 2.01. The van der Waals surface area contributed by atoms with Gasteiger partial charge in [0, 0.05) is 0 Å². The van der Waals surface area contributed by atoms with Gasteiger partial charge in [0.1, 0.15) is 5.75 Å². The van der Waals surface area contributed by atoms with E-state index in [2.05, 4.69) is 10.3 Å². The Kier molecular flexibility index (Phi) is 5.02. The summed E-state index contributed by atoms with van der Waals surface area (Å²) in [7, 11) is 1.45. The zero-order chi connectivity index (χ0) is 13.5. The van der Waals surface area contributed by atoms with Gasteiger partial charge in [0.2, 0.25) is 0 Å². The number of rotatable bonds is 3. The van der Waals surface area contributed by atoms with Crippen LogP contribution in [-0.4, -0.2) is 29.6 Å². The van der Waals surface area contributed by atoms with E-state index < -0.39 is 5.97 Å². The number of carbonyl (C=O) groups is 1. The van der Waals surface area contributed by atoms with Crippen LogP contribution in [0, 0.1) is 11.5 Å². The van der Waals surface area contributed by atoms with Gasteiger partial charge < -0.3 is 9.84 Å². The highest BCUT2D eigenvalue weighted by Gasteiger charge is 2.11. The SMILES string of the molecule is COc1ccc(N=C(NC#N)SC)c(C(=O)O)c1. The van der Waals surface area contributed by atoms with Gasteiger partial charge in [-0.1, -0.05) is 11.8 Å². The van der Waals surface area contributed by atoms with E-state index in [9.17, 15) is 4.79 Å². The largest absolute Gasteiger partial charge is 0.497 e. The molecule has 0 bridgehead atoms. The number of thioether (sulfide) groups is 1. The Morgan fingerprint density at radius 1 is 1.61 bits per heavy atom. The fraction of sp³-hybridized carbons (Fsp3) is 0.182. The van der Waals surface area contributed by atoms with E-state index in [1.165, 1.54) is 31.0 Å². The van der Waals surface area contributed by atoms with E-state index in [4.69, 9.17) is 15.1 Å². The summed E-state index contributed by atoms with van der Waals surface area (Å²) < 4.78 is 4.95. The highest BCUT2D eigenvalue weighted by Crippen LogP contribution is 2.25. The molecule has 0 unspecified atom stereocenters. The van der Waals surface area contributed by atoms with Crippen molar-refractivity contribution in [3.8, 4) is 11.9 Å². The number of nitrogens with zero attached hydrogens (tertiary/aromatic N) is 2. The molecule has 1 aromatic carbocycles. The number of hydrogen-bond donors (Lipinski definition) is 2. The number of nitrogens with one attached hydrogen (secondary N) is 1. The van der Waals surface area contributed by atoms with E-state index in [1.807, 2.05) is 0 Å². The number of benzene rings is 1. The van der Waals surface area contributed by atoms with E-state index >= 15 is 0 Å². The minimum atomic E-state index is -1.11. The second kappa shape index (κ2) is 6.51. The van der Waals surface area contributed by atoms with Gasteiger partial charge in [0.25, 0.3) is 0 Å². The zero-order valence-corrected chi connectivity index (χ0v) is 10.6. The van der Waals surface area contributed by atoms with Crippen molar-refractivity contribution in [1.82, 2.24) is 5.32 Å². The first kappa shape index (κ1) is 13.9. The number of nitriles is 1. The first-order valence-electron chi connectivity index (χ1n) is 4.81. The van der Waals surface area contributed by atoms with Crippen LogP contribution in [-0.2, 0) is 0 Å². The molecule has 2 N–H and O–H groups in total. The molecular weight excluding hydrogens is 254 g/mol. The Bertz CT molecular complexity index is 523. The summed E-state index contributed by atoms with van der Waals surface area (Å²) in [5, 5.41) is 20.3. The lowest BCUT2D eigenvalue weighted by atomic mass is 10.1. The minimum absolute atomic E-state index is 0.0145. The number of carboxylic acids is 1. The summed E-state index contributed by atoms with van der Waals surface area (Å²) in [5.41, 5.74) is 0.274. The maximum absolute atomic E-state index is 11.1. The van der Waals surface area contributed by atoms with Gasteiger partial charge in [-0.3, -0.25) is 5.32 Å². The quantitative estimate of drug-likeness (QED) is 0.374. The van der Waals surface area contributed by atoms with Gasteiger partial charge in [-0.2, -0.15) is 5.26 Å². The summed E-state index contributed by atoms with van der Waals surface area (Å²) in [4.78, 5) is 15.2. The number of aromatic carboxylic acids is 1. The van der Waals surface area contributed by atoms with Crippen LogP contribution >= 0.6 is 11.8 Å². The van der Waals surface area contributed by atoms with Crippen molar-refractivity contribution < 1.29 is 14.6 Å². The second-order valence-electron chi connectivity index (χ2n) is 3.05. The number of ether oxygens (including phenoxy) is 1. The lowest BCUT2D eigenvalue weighted by Crippen LogP contribution is -2.12. The third-order valence-corrected chi connectivity index (χ3v) is 2.59.